The molecule has 0 atom stereocenters. The third-order valence-electron chi connectivity index (χ3n) is 3.29. The summed E-state index contributed by atoms with van der Waals surface area (Å²) in [6.45, 7) is 0. The van der Waals surface area contributed by atoms with Crippen LogP contribution in [0, 0.1) is 15.9 Å². The average molecular weight is 360 g/mol. The summed E-state index contributed by atoms with van der Waals surface area (Å²) < 4.78 is 14.2. The molecule has 3 rings (SSSR count). The molecular formula is C16H9FN2O3S2. The minimum absolute atomic E-state index is 0.0361. The summed E-state index contributed by atoms with van der Waals surface area (Å²) in [6, 6.07) is 11.7. The van der Waals surface area contributed by atoms with E-state index in [0.29, 0.717) is 10.5 Å². The van der Waals surface area contributed by atoms with Crippen molar-refractivity contribution < 1.29 is 14.1 Å². The molecular weight excluding hydrogens is 351 g/mol. The van der Waals surface area contributed by atoms with Crippen LogP contribution in [0.4, 0.5) is 15.8 Å². The highest BCUT2D eigenvalue weighted by atomic mass is 32.2. The van der Waals surface area contributed by atoms with Gasteiger partial charge < -0.3 is 0 Å². The van der Waals surface area contributed by atoms with Crippen molar-refractivity contribution in [1.82, 2.24) is 0 Å². The SMILES string of the molecule is O=C1/C(=C\c2ccc([N+](=O)[O-])cc2)SC(=S)N1c1ccccc1F. The standard InChI is InChI=1S/C16H9FN2O3S2/c17-12-3-1-2-4-13(12)18-15(20)14(24-16(18)23)9-10-5-7-11(8-6-10)19(21)22/h1-9H/b14-9+. The molecule has 0 radical (unpaired) electrons. The Hall–Kier alpha value is -2.58. The molecule has 2 aromatic carbocycles. The van der Waals surface area contributed by atoms with E-state index < -0.39 is 16.6 Å². The maximum atomic E-state index is 13.9. The molecule has 0 saturated carbocycles. The number of thiocarbonyl (C=S) groups is 1. The Morgan fingerprint density at radius 3 is 2.46 bits per heavy atom. The lowest BCUT2D eigenvalue weighted by molar-refractivity contribution is -0.384. The third-order valence-corrected chi connectivity index (χ3v) is 4.59. The van der Waals surface area contributed by atoms with Gasteiger partial charge in [0.15, 0.2) is 4.32 Å². The van der Waals surface area contributed by atoms with E-state index >= 15 is 0 Å². The molecule has 0 bridgehead atoms. The molecule has 1 amide bonds. The first-order chi connectivity index (χ1) is 11.5. The number of para-hydroxylation sites is 1. The Labute approximate surface area is 145 Å². The smallest absolute Gasteiger partial charge is 0.268 e. The Morgan fingerprint density at radius 2 is 1.83 bits per heavy atom. The van der Waals surface area contributed by atoms with Crippen LogP contribution in [0.1, 0.15) is 5.56 Å². The first-order valence-electron chi connectivity index (χ1n) is 6.74. The molecule has 1 saturated heterocycles. The summed E-state index contributed by atoms with van der Waals surface area (Å²) >= 11 is 6.24. The number of hydrogen-bond acceptors (Lipinski definition) is 5. The number of halogens is 1. The second kappa shape index (κ2) is 6.50. The summed E-state index contributed by atoms with van der Waals surface area (Å²) in [5, 5.41) is 10.7. The number of nitro groups is 1. The van der Waals surface area contributed by atoms with Crippen molar-refractivity contribution in [3.63, 3.8) is 0 Å². The number of nitrogens with zero attached hydrogens (tertiary/aromatic N) is 2. The second-order valence-electron chi connectivity index (χ2n) is 4.82. The van der Waals surface area contributed by atoms with Crippen LogP contribution in [0.15, 0.2) is 53.4 Å². The molecule has 1 aliphatic heterocycles. The summed E-state index contributed by atoms with van der Waals surface area (Å²) in [4.78, 5) is 24.2. The highest BCUT2D eigenvalue weighted by Gasteiger charge is 2.34. The second-order valence-corrected chi connectivity index (χ2v) is 6.49. The largest absolute Gasteiger partial charge is 0.270 e. The van der Waals surface area contributed by atoms with Crippen LogP contribution in [-0.2, 0) is 4.79 Å². The molecule has 1 heterocycles. The van der Waals surface area contributed by atoms with Crippen molar-refractivity contribution in [3.05, 3.63) is 74.9 Å². The van der Waals surface area contributed by atoms with Gasteiger partial charge in [0.05, 0.1) is 15.5 Å². The lowest BCUT2D eigenvalue weighted by Crippen LogP contribution is -2.28. The molecule has 2 aromatic rings. The number of benzene rings is 2. The van der Waals surface area contributed by atoms with Crippen LogP contribution in [0.25, 0.3) is 6.08 Å². The van der Waals surface area contributed by atoms with Gasteiger partial charge in [0.25, 0.3) is 11.6 Å². The maximum absolute atomic E-state index is 13.9. The van der Waals surface area contributed by atoms with Gasteiger partial charge in [-0.1, -0.05) is 36.1 Å². The highest BCUT2D eigenvalue weighted by molar-refractivity contribution is 8.27. The average Bonchev–Trinajstić information content (AvgIpc) is 2.83. The van der Waals surface area contributed by atoms with Crippen molar-refractivity contribution in [1.29, 1.82) is 0 Å². The fourth-order valence-corrected chi connectivity index (χ4v) is 3.44. The normalized spacial score (nSPS) is 16.0. The monoisotopic (exact) mass is 360 g/mol. The number of carbonyl (C=O) groups excluding carboxylic acids is 1. The van der Waals surface area contributed by atoms with Crippen LogP contribution in [-0.4, -0.2) is 15.2 Å². The number of anilines is 1. The first kappa shape index (κ1) is 16.3. The summed E-state index contributed by atoms with van der Waals surface area (Å²) in [5.41, 5.74) is 0.688. The van der Waals surface area contributed by atoms with Crippen LogP contribution in [0.3, 0.4) is 0 Å². The highest BCUT2D eigenvalue weighted by Crippen LogP contribution is 2.37. The Bertz CT molecular complexity index is 881. The Balaban J connectivity index is 1.91. The van der Waals surface area contributed by atoms with E-state index in [2.05, 4.69) is 0 Å². The van der Waals surface area contributed by atoms with E-state index in [4.69, 9.17) is 12.2 Å². The van der Waals surface area contributed by atoms with E-state index in [0.717, 1.165) is 16.7 Å². The zero-order chi connectivity index (χ0) is 17.3. The van der Waals surface area contributed by atoms with E-state index in [1.165, 1.54) is 42.5 Å². The fraction of sp³-hybridized carbons (Fsp3) is 0. The van der Waals surface area contributed by atoms with Crippen LogP contribution < -0.4 is 4.90 Å². The van der Waals surface area contributed by atoms with E-state index in [-0.39, 0.29) is 15.7 Å². The van der Waals surface area contributed by atoms with E-state index in [9.17, 15) is 19.3 Å². The van der Waals surface area contributed by atoms with Crippen LogP contribution in [0.5, 0.6) is 0 Å². The van der Waals surface area contributed by atoms with Gasteiger partial charge in [0, 0.05) is 12.1 Å². The number of non-ortho nitro benzene ring substituents is 1. The number of hydrogen-bond donors (Lipinski definition) is 0. The van der Waals surface area contributed by atoms with Crippen LogP contribution >= 0.6 is 24.0 Å². The number of carbonyl (C=O) groups is 1. The summed E-state index contributed by atoms with van der Waals surface area (Å²) in [7, 11) is 0. The molecule has 120 valence electrons. The van der Waals surface area contributed by atoms with Crippen molar-refractivity contribution in [2.24, 2.45) is 0 Å². The molecule has 1 aliphatic rings. The van der Waals surface area contributed by atoms with E-state index in [1.807, 2.05) is 0 Å². The lowest BCUT2D eigenvalue weighted by atomic mass is 10.2. The first-order valence-corrected chi connectivity index (χ1v) is 7.97. The number of amides is 1. The van der Waals surface area contributed by atoms with Gasteiger partial charge in [0.2, 0.25) is 0 Å². The molecule has 0 aromatic heterocycles. The Morgan fingerprint density at radius 1 is 1.17 bits per heavy atom. The van der Waals surface area contributed by atoms with Crippen molar-refractivity contribution in [3.8, 4) is 0 Å². The van der Waals surface area contributed by atoms with Gasteiger partial charge in [0.1, 0.15) is 5.82 Å². The Kier molecular flexibility index (Phi) is 4.41. The maximum Gasteiger partial charge on any atom is 0.270 e. The lowest BCUT2D eigenvalue weighted by Gasteiger charge is -2.14. The minimum Gasteiger partial charge on any atom is -0.268 e. The molecule has 0 unspecified atom stereocenters. The third kappa shape index (κ3) is 3.06. The molecule has 0 N–H and O–H groups in total. The van der Waals surface area contributed by atoms with Gasteiger partial charge in [-0.25, -0.2) is 4.39 Å². The van der Waals surface area contributed by atoms with Gasteiger partial charge >= 0.3 is 0 Å². The number of thioether (sulfide) groups is 1. The van der Waals surface area contributed by atoms with Gasteiger partial charge in [-0.15, -0.1) is 0 Å². The molecule has 0 aliphatic carbocycles. The fourth-order valence-electron chi connectivity index (χ4n) is 2.15. The van der Waals surface area contributed by atoms with Gasteiger partial charge in [-0.3, -0.25) is 19.8 Å². The predicted octanol–water partition coefficient (Wildman–Crippen LogP) is 4.14. The number of nitro benzene ring substituents is 1. The quantitative estimate of drug-likeness (QED) is 0.356. The predicted molar refractivity (Wildman–Crippen MR) is 95.1 cm³/mol. The molecule has 1 fully saturated rings. The minimum atomic E-state index is -0.537. The summed E-state index contributed by atoms with van der Waals surface area (Å²) in [6.07, 6.45) is 1.57. The van der Waals surface area contributed by atoms with Crippen molar-refractivity contribution in [2.45, 2.75) is 0 Å². The molecule has 24 heavy (non-hydrogen) atoms. The van der Waals surface area contributed by atoms with Crippen LogP contribution in [0.2, 0.25) is 0 Å². The van der Waals surface area contributed by atoms with Crippen molar-refractivity contribution in [2.75, 3.05) is 4.90 Å². The molecule has 0 spiro atoms. The molecule has 8 heteroatoms. The van der Waals surface area contributed by atoms with Crippen molar-refractivity contribution >= 4 is 51.7 Å². The van der Waals surface area contributed by atoms with Gasteiger partial charge in [-0.2, -0.15) is 0 Å². The summed E-state index contributed by atoms with van der Waals surface area (Å²) in [5.74, 6) is -0.959. The number of rotatable bonds is 3. The zero-order valence-electron chi connectivity index (χ0n) is 12.0. The van der Waals surface area contributed by atoms with Gasteiger partial charge in [-0.05, 0) is 35.9 Å². The van der Waals surface area contributed by atoms with E-state index in [1.54, 1.807) is 12.1 Å². The zero-order valence-corrected chi connectivity index (χ0v) is 13.6. The molecule has 5 nitrogen and oxygen atoms in total. The topological polar surface area (TPSA) is 63.4 Å².